The molecular weight excluding hydrogens is 264 g/mol. The van der Waals surface area contributed by atoms with Gasteiger partial charge in [-0.2, -0.15) is 0 Å². The van der Waals surface area contributed by atoms with Crippen LogP contribution in [-0.2, 0) is 28.5 Å². The molecule has 0 bridgehead atoms. The molecule has 0 saturated carbocycles. The Morgan fingerprint density at radius 3 is 1.70 bits per heavy atom. The summed E-state index contributed by atoms with van der Waals surface area (Å²) in [4.78, 5) is 21.3. The second-order valence-corrected chi connectivity index (χ2v) is 4.56. The molecule has 0 rings (SSSR count). The van der Waals surface area contributed by atoms with Gasteiger partial charge in [-0.25, -0.2) is 0 Å². The third-order valence-corrected chi connectivity index (χ3v) is 3.01. The Morgan fingerprint density at radius 2 is 1.25 bits per heavy atom. The van der Waals surface area contributed by atoms with Gasteiger partial charge in [-0.1, -0.05) is 0 Å². The largest absolute Gasteiger partial charge is 0.466 e. The standard InChI is InChI=1S/C14H26O6/c1-12(15)19-10-6-5-8-14(17-3,18-4)9-7-11-20-13(2)16/h5-11H2,1-4H3. The van der Waals surface area contributed by atoms with Gasteiger partial charge in [-0.05, 0) is 19.3 Å². The zero-order valence-corrected chi connectivity index (χ0v) is 12.9. The smallest absolute Gasteiger partial charge is 0.302 e. The van der Waals surface area contributed by atoms with Crippen LogP contribution in [0.3, 0.4) is 0 Å². The number of methoxy groups -OCH3 is 2. The van der Waals surface area contributed by atoms with Crippen molar-refractivity contribution in [1.29, 1.82) is 0 Å². The number of unbranched alkanes of at least 4 members (excludes halogenated alkanes) is 1. The van der Waals surface area contributed by atoms with Gasteiger partial charge in [0.15, 0.2) is 5.79 Å². The van der Waals surface area contributed by atoms with E-state index in [1.54, 1.807) is 14.2 Å². The van der Waals surface area contributed by atoms with Crippen LogP contribution in [0.2, 0.25) is 0 Å². The zero-order valence-electron chi connectivity index (χ0n) is 12.9. The Bertz CT molecular complexity index is 285. The first-order valence-electron chi connectivity index (χ1n) is 6.83. The van der Waals surface area contributed by atoms with Crippen molar-refractivity contribution >= 4 is 11.9 Å². The summed E-state index contributed by atoms with van der Waals surface area (Å²) in [6.45, 7) is 3.54. The minimum atomic E-state index is -0.670. The van der Waals surface area contributed by atoms with Crippen molar-refractivity contribution in [2.45, 2.75) is 51.7 Å². The highest BCUT2D eigenvalue weighted by atomic mass is 16.7. The average Bonchev–Trinajstić information content (AvgIpc) is 2.40. The SMILES string of the molecule is COC(CCCCOC(C)=O)(CCCOC(C)=O)OC. The summed E-state index contributed by atoms with van der Waals surface area (Å²) in [5.41, 5.74) is 0. The molecule has 0 amide bonds. The van der Waals surface area contributed by atoms with Gasteiger partial charge >= 0.3 is 11.9 Å². The van der Waals surface area contributed by atoms with E-state index in [0.717, 1.165) is 12.8 Å². The van der Waals surface area contributed by atoms with Crippen LogP contribution in [0.4, 0.5) is 0 Å². The normalized spacial score (nSPS) is 11.2. The molecule has 0 atom stereocenters. The Morgan fingerprint density at radius 1 is 0.800 bits per heavy atom. The van der Waals surface area contributed by atoms with Crippen LogP contribution < -0.4 is 0 Å². The second kappa shape index (κ2) is 10.6. The van der Waals surface area contributed by atoms with Crippen LogP contribution in [0.25, 0.3) is 0 Å². The molecule has 0 N–H and O–H groups in total. The molecule has 6 nitrogen and oxygen atoms in total. The molecule has 0 aromatic heterocycles. The van der Waals surface area contributed by atoms with Crippen molar-refractivity contribution in [3.8, 4) is 0 Å². The third-order valence-electron chi connectivity index (χ3n) is 3.01. The molecule has 0 aromatic rings. The van der Waals surface area contributed by atoms with Gasteiger partial charge in [0.25, 0.3) is 0 Å². The maximum atomic E-state index is 10.7. The first-order chi connectivity index (χ1) is 9.45. The molecular formula is C14H26O6. The quantitative estimate of drug-likeness (QED) is 0.329. The number of rotatable bonds is 11. The molecule has 0 spiro atoms. The molecule has 0 heterocycles. The summed E-state index contributed by atoms with van der Waals surface area (Å²) >= 11 is 0. The summed E-state index contributed by atoms with van der Waals surface area (Å²) in [7, 11) is 3.20. The molecule has 20 heavy (non-hydrogen) atoms. The van der Waals surface area contributed by atoms with Crippen LogP contribution in [0.15, 0.2) is 0 Å². The molecule has 0 radical (unpaired) electrons. The van der Waals surface area contributed by atoms with E-state index in [2.05, 4.69) is 0 Å². The molecule has 0 aromatic carbocycles. The maximum absolute atomic E-state index is 10.7. The van der Waals surface area contributed by atoms with Crippen LogP contribution >= 0.6 is 0 Å². The summed E-state index contributed by atoms with van der Waals surface area (Å²) in [5.74, 6) is -1.22. The van der Waals surface area contributed by atoms with E-state index in [4.69, 9.17) is 18.9 Å². The van der Waals surface area contributed by atoms with Gasteiger partial charge in [-0.15, -0.1) is 0 Å². The minimum Gasteiger partial charge on any atom is -0.466 e. The fourth-order valence-corrected chi connectivity index (χ4v) is 1.89. The minimum absolute atomic E-state index is 0.267. The summed E-state index contributed by atoms with van der Waals surface area (Å²) < 4.78 is 20.7. The highest BCUT2D eigenvalue weighted by Crippen LogP contribution is 2.25. The molecule has 118 valence electrons. The van der Waals surface area contributed by atoms with Crippen molar-refractivity contribution in [3.05, 3.63) is 0 Å². The van der Waals surface area contributed by atoms with Gasteiger partial charge in [0.1, 0.15) is 0 Å². The van der Waals surface area contributed by atoms with Crippen molar-refractivity contribution in [3.63, 3.8) is 0 Å². The van der Waals surface area contributed by atoms with Crippen LogP contribution in [0, 0.1) is 0 Å². The lowest BCUT2D eigenvalue weighted by molar-refractivity contribution is -0.217. The first kappa shape index (κ1) is 18.9. The Kier molecular flexibility index (Phi) is 10.0. The maximum Gasteiger partial charge on any atom is 0.302 e. The highest BCUT2D eigenvalue weighted by molar-refractivity contribution is 5.66. The predicted octanol–water partition coefficient (Wildman–Crippen LogP) is 2.05. The van der Waals surface area contributed by atoms with E-state index in [9.17, 15) is 9.59 Å². The van der Waals surface area contributed by atoms with Gasteiger partial charge < -0.3 is 18.9 Å². The van der Waals surface area contributed by atoms with E-state index in [1.165, 1.54) is 13.8 Å². The Labute approximate surface area is 120 Å². The summed E-state index contributed by atoms with van der Waals surface area (Å²) in [5, 5.41) is 0. The number of carbonyl (C=O) groups is 2. The molecule has 0 fully saturated rings. The number of carbonyl (C=O) groups excluding carboxylic acids is 2. The van der Waals surface area contributed by atoms with Gasteiger partial charge in [-0.3, -0.25) is 9.59 Å². The Balaban J connectivity index is 3.97. The van der Waals surface area contributed by atoms with Crippen LogP contribution in [0.1, 0.15) is 46.0 Å². The number of hydrogen-bond donors (Lipinski definition) is 0. The van der Waals surface area contributed by atoms with Crippen molar-refractivity contribution in [1.82, 2.24) is 0 Å². The molecule has 0 aliphatic heterocycles. The summed E-state index contributed by atoms with van der Waals surface area (Å²) in [6, 6.07) is 0. The lowest BCUT2D eigenvalue weighted by Gasteiger charge is -2.31. The van der Waals surface area contributed by atoms with E-state index < -0.39 is 5.79 Å². The molecule has 0 saturated heterocycles. The molecule has 0 aliphatic rings. The number of hydrogen-bond acceptors (Lipinski definition) is 6. The highest BCUT2D eigenvalue weighted by Gasteiger charge is 2.28. The monoisotopic (exact) mass is 290 g/mol. The van der Waals surface area contributed by atoms with Crippen LogP contribution in [0.5, 0.6) is 0 Å². The lowest BCUT2D eigenvalue weighted by atomic mass is 10.0. The second-order valence-electron chi connectivity index (χ2n) is 4.56. The fourth-order valence-electron chi connectivity index (χ4n) is 1.89. The number of ether oxygens (including phenoxy) is 4. The first-order valence-corrected chi connectivity index (χ1v) is 6.83. The van der Waals surface area contributed by atoms with E-state index in [-0.39, 0.29) is 11.9 Å². The molecule has 0 aliphatic carbocycles. The van der Waals surface area contributed by atoms with Crippen molar-refractivity contribution < 1.29 is 28.5 Å². The predicted molar refractivity (Wildman–Crippen MR) is 73.1 cm³/mol. The fraction of sp³-hybridized carbons (Fsp3) is 0.857. The lowest BCUT2D eigenvalue weighted by Crippen LogP contribution is -2.34. The van der Waals surface area contributed by atoms with E-state index in [0.29, 0.717) is 32.5 Å². The molecule has 0 unspecified atom stereocenters. The average molecular weight is 290 g/mol. The van der Waals surface area contributed by atoms with Gasteiger partial charge in [0.2, 0.25) is 0 Å². The topological polar surface area (TPSA) is 71.1 Å². The van der Waals surface area contributed by atoms with Gasteiger partial charge in [0, 0.05) is 40.9 Å². The third kappa shape index (κ3) is 8.87. The van der Waals surface area contributed by atoms with Crippen LogP contribution in [-0.4, -0.2) is 45.2 Å². The molecule has 6 heteroatoms. The van der Waals surface area contributed by atoms with Crippen molar-refractivity contribution in [2.75, 3.05) is 27.4 Å². The van der Waals surface area contributed by atoms with E-state index >= 15 is 0 Å². The van der Waals surface area contributed by atoms with Crippen molar-refractivity contribution in [2.24, 2.45) is 0 Å². The zero-order chi connectivity index (χ0) is 15.4. The van der Waals surface area contributed by atoms with E-state index in [1.807, 2.05) is 0 Å². The number of esters is 2. The summed E-state index contributed by atoms with van der Waals surface area (Å²) in [6.07, 6.45) is 3.59. The van der Waals surface area contributed by atoms with Gasteiger partial charge in [0.05, 0.1) is 13.2 Å². The Hall–Kier alpha value is -1.14.